The van der Waals surface area contributed by atoms with Crippen molar-refractivity contribution in [2.75, 3.05) is 11.1 Å². The molecule has 0 amide bonds. The lowest BCUT2D eigenvalue weighted by atomic mass is 10.2. The standard InChI is InChI=1S/C12H12BrN3/c1-8-6-7-15-12(11(8)13)16-10-4-2-9(14)3-5-10/h2-7H,14H2,1H3,(H,15,16). The van der Waals surface area contributed by atoms with Crippen molar-refractivity contribution in [3.63, 3.8) is 0 Å². The minimum Gasteiger partial charge on any atom is -0.399 e. The lowest BCUT2D eigenvalue weighted by Crippen LogP contribution is -1.96. The molecule has 2 rings (SSSR count). The van der Waals surface area contributed by atoms with Gasteiger partial charge >= 0.3 is 0 Å². The Morgan fingerprint density at radius 1 is 1.19 bits per heavy atom. The Kier molecular flexibility index (Phi) is 3.10. The molecule has 1 aromatic carbocycles. The molecule has 0 saturated carbocycles. The summed E-state index contributed by atoms with van der Waals surface area (Å²) in [7, 11) is 0. The SMILES string of the molecule is Cc1ccnc(Nc2ccc(N)cc2)c1Br. The Morgan fingerprint density at radius 3 is 2.56 bits per heavy atom. The Bertz CT molecular complexity index is 494. The number of hydrogen-bond donors (Lipinski definition) is 2. The quantitative estimate of drug-likeness (QED) is 0.827. The van der Waals surface area contributed by atoms with Crippen molar-refractivity contribution < 1.29 is 0 Å². The number of benzene rings is 1. The zero-order chi connectivity index (χ0) is 11.5. The number of nitrogens with two attached hydrogens (primary N) is 1. The molecule has 16 heavy (non-hydrogen) atoms. The molecule has 1 heterocycles. The third kappa shape index (κ3) is 2.33. The molecule has 3 nitrogen and oxygen atoms in total. The van der Waals surface area contributed by atoms with Gasteiger partial charge in [-0.1, -0.05) is 0 Å². The average Bonchev–Trinajstić information content (AvgIpc) is 2.28. The molecule has 0 aliphatic heterocycles. The van der Waals surface area contributed by atoms with Crippen LogP contribution in [0.4, 0.5) is 17.2 Å². The van der Waals surface area contributed by atoms with Crippen molar-refractivity contribution in [1.29, 1.82) is 0 Å². The van der Waals surface area contributed by atoms with Crippen LogP contribution in [-0.4, -0.2) is 4.98 Å². The van der Waals surface area contributed by atoms with Crippen molar-refractivity contribution in [3.8, 4) is 0 Å². The van der Waals surface area contributed by atoms with Crippen LogP contribution in [0, 0.1) is 6.92 Å². The molecule has 0 atom stereocenters. The van der Waals surface area contributed by atoms with Gasteiger partial charge in [-0.15, -0.1) is 0 Å². The van der Waals surface area contributed by atoms with Gasteiger partial charge < -0.3 is 11.1 Å². The van der Waals surface area contributed by atoms with E-state index in [0.29, 0.717) is 0 Å². The summed E-state index contributed by atoms with van der Waals surface area (Å²) in [6.45, 7) is 2.03. The molecule has 4 heteroatoms. The van der Waals surface area contributed by atoms with E-state index >= 15 is 0 Å². The summed E-state index contributed by atoms with van der Waals surface area (Å²) in [4.78, 5) is 4.27. The molecular formula is C12H12BrN3. The number of nitrogens with one attached hydrogen (secondary N) is 1. The fourth-order valence-corrected chi connectivity index (χ4v) is 1.66. The normalized spacial score (nSPS) is 10.1. The van der Waals surface area contributed by atoms with Gasteiger partial charge in [0.2, 0.25) is 0 Å². The Hall–Kier alpha value is -1.55. The van der Waals surface area contributed by atoms with E-state index in [1.54, 1.807) is 6.20 Å². The number of aryl methyl sites for hydroxylation is 1. The van der Waals surface area contributed by atoms with Gasteiger partial charge in [0.25, 0.3) is 0 Å². The first-order valence-electron chi connectivity index (χ1n) is 4.90. The number of nitrogens with zero attached hydrogens (tertiary/aromatic N) is 1. The number of hydrogen-bond acceptors (Lipinski definition) is 3. The van der Waals surface area contributed by atoms with Crippen LogP contribution in [0.3, 0.4) is 0 Å². The molecule has 0 unspecified atom stereocenters. The maximum atomic E-state index is 5.62. The van der Waals surface area contributed by atoms with Gasteiger partial charge in [-0.3, -0.25) is 0 Å². The topological polar surface area (TPSA) is 50.9 Å². The van der Waals surface area contributed by atoms with Gasteiger partial charge in [0, 0.05) is 17.6 Å². The fourth-order valence-electron chi connectivity index (χ4n) is 1.33. The number of aromatic nitrogens is 1. The van der Waals surface area contributed by atoms with Crippen LogP contribution in [0.15, 0.2) is 41.0 Å². The third-order valence-corrected chi connectivity index (χ3v) is 3.26. The first-order valence-corrected chi connectivity index (χ1v) is 5.70. The second kappa shape index (κ2) is 4.53. The minimum atomic E-state index is 0.752. The summed E-state index contributed by atoms with van der Waals surface area (Å²) in [6, 6.07) is 9.51. The molecule has 0 aliphatic carbocycles. The second-order valence-corrected chi connectivity index (χ2v) is 4.33. The maximum Gasteiger partial charge on any atom is 0.144 e. The summed E-state index contributed by atoms with van der Waals surface area (Å²) in [6.07, 6.45) is 1.78. The third-order valence-electron chi connectivity index (χ3n) is 2.26. The van der Waals surface area contributed by atoms with Crippen LogP contribution in [0.1, 0.15) is 5.56 Å². The summed E-state index contributed by atoms with van der Waals surface area (Å²) in [5.41, 5.74) is 8.49. The molecule has 3 N–H and O–H groups in total. The van der Waals surface area contributed by atoms with Gasteiger partial charge in [-0.05, 0) is 58.7 Å². The molecule has 1 aromatic heterocycles. The van der Waals surface area contributed by atoms with Crippen molar-refractivity contribution in [2.45, 2.75) is 6.92 Å². The molecule has 82 valence electrons. The average molecular weight is 278 g/mol. The molecule has 2 aromatic rings. The highest BCUT2D eigenvalue weighted by Crippen LogP contribution is 2.26. The molecular weight excluding hydrogens is 266 g/mol. The zero-order valence-corrected chi connectivity index (χ0v) is 10.5. The van der Waals surface area contributed by atoms with Gasteiger partial charge in [-0.2, -0.15) is 0 Å². The zero-order valence-electron chi connectivity index (χ0n) is 8.87. The lowest BCUT2D eigenvalue weighted by Gasteiger charge is -2.09. The molecule has 0 spiro atoms. The Labute approximate surface area is 103 Å². The van der Waals surface area contributed by atoms with E-state index in [2.05, 4.69) is 26.2 Å². The summed E-state index contributed by atoms with van der Waals surface area (Å²) in [5.74, 6) is 0.810. The second-order valence-electron chi connectivity index (χ2n) is 3.54. The van der Waals surface area contributed by atoms with E-state index in [9.17, 15) is 0 Å². The molecule has 0 saturated heterocycles. The monoisotopic (exact) mass is 277 g/mol. The highest BCUT2D eigenvalue weighted by Gasteiger charge is 2.03. The van der Waals surface area contributed by atoms with E-state index in [0.717, 1.165) is 27.2 Å². The van der Waals surface area contributed by atoms with E-state index in [1.807, 2.05) is 37.3 Å². The molecule has 0 radical (unpaired) electrons. The Morgan fingerprint density at radius 2 is 1.88 bits per heavy atom. The number of rotatable bonds is 2. The van der Waals surface area contributed by atoms with Crippen molar-refractivity contribution in [1.82, 2.24) is 4.98 Å². The molecule has 0 bridgehead atoms. The number of nitrogen functional groups attached to an aromatic ring is 1. The van der Waals surface area contributed by atoms with Crippen LogP contribution < -0.4 is 11.1 Å². The fraction of sp³-hybridized carbons (Fsp3) is 0.0833. The van der Waals surface area contributed by atoms with Gasteiger partial charge in [-0.25, -0.2) is 4.98 Å². The smallest absolute Gasteiger partial charge is 0.144 e. The lowest BCUT2D eigenvalue weighted by molar-refractivity contribution is 1.25. The number of pyridine rings is 1. The van der Waals surface area contributed by atoms with Crippen molar-refractivity contribution in [2.24, 2.45) is 0 Å². The molecule has 0 fully saturated rings. The summed E-state index contributed by atoms with van der Waals surface area (Å²) in [5, 5.41) is 3.23. The van der Waals surface area contributed by atoms with Crippen molar-refractivity contribution in [3.05, 3.63) is 46.6 Å². The van der Waals surface area contributed by atoms with Crippen molar-refractivity contribution >= 4 is 33.1 Å². The van der Waals surface area contributed by atoms with Crippen LogP contribution in [0.25, 0.3) is 0 Å². The predicted octanol–water partition coefficient (Wildman–Crippen LogP) is 3.48. The van der Waals surface area contributed by atoms with E-state index in [4.69, 9.17) is 5.73 Å². The predicted molar refractivity (Wildman–Crippen MR) is 70.8 cm³/mol. The summed E-state index contributed by atoms with van der Waals surface area (Å²) >= 11 is 3.50. The van der Waals surface area contributed by atoms with Crippen LogP contribution >= 0.6 is 15.9 Å². The van der Waals surface area contributed by atoms with E-state index in [1.165, 1.54) is 0 Å². The van der Waals surface area contributed by atoms with Crippen LogP contribution in [-0.2, 0) is 0 Å². The minimum absolute atomic E-state index is 0.752. The molecule has 0 aliphatic rings. The van der Waals surface area contributed by atoms with E-state index in [-0.39, 0.29) is 0 Å². The Balaban J connectivity index is 2.27. The highest BCUT2D eigenvalue weighted by molar-refractivity contribution is 9.10. The van der Waals surface area contributed by atoms with Crippen LogP contribution in [0.5, 0.6) is 0 Å². The highest BCUT2D eigenvalue weighted by atomic mass is 79.9. The van der Waals surface area contributed by atoms with Crippen LogP contribution in [0.2, 0.25) is 0 Å². The number of anilines is 3. The maximum absolute atomic E-state index is 5.62. The largest absolute Gasteiger partial charge is 0.399 e. The van der Waals surface area contributed by atoms with E-state index < -0.39 is 0 Å². The first-order chi connectivity index (χ1) is 7.66. The number of halogens is 1. The van der Waals surface area contributed by atoms with Gasteiger partial charge in [0.1, 0.15) is 5.82 Å². The van der Waals surface area contributed by atoms with Gasteiger partial charge in [0.05, 0.1) is 4.47 Å². The summed E-state index contributed by atoms with van der Waals surface area (Å²) < 4.78 is 0.979. The van der Waals surface area contributed by atoms with Gasteiger partial charge in [0.15, 0.2) is 0 Å². The first kappa shape index (κ1) is 11.0.